The molecule has 6 unspecified atom stereocenters. The Labute approximate surface area is 438 Å². The van der Waals surface area contributed by atoms with Gasteiger partial charge in [0.2, 0.25) is 0 Å². The molecule has 3 aliphatic heterocycles. The van der Waals surface area contributed by atoms with Crippen molar-refractivity contribution in [2.24, 2.45) is 11.8 Å². The van der Waals surface area contributed by atoms with Gasteiger partial charge in [-0.05, 0) is 54.2 Å². The van der Waals surface area contributed by atoms with Crippen LogP contribution in [0.2, 0.25) is 0 Å². The summed E-state index contributed by atoms with van der Waals surface area (Å²) in [7, 11) is 0. The highest BCUT2D eigenvalue weighted by Crippen LogP contribution is 2.40. The van der Waals surface area contributed by atoms with E-state index >= 15 is 0 Å². The van der Waals surface area contributed by atoms with E-state index in [0.717, 1.165) is 33.4 Å². The third-order valence-electron chi connectivity index (χ3n) is 14.4. The molecule has 6 aromatic carbocycles. The average Bonchev–Trinajstić information content (AvgIpc) is 3.43. The first-order valence-electron chi connectivity index (χ1n) is 26.4. The Kier molecular flexibility index (Phi) is 19.7. The predicted molar refractivity (Wildman–Crippen MR) is 282 cm³/mol. The van der Waals surface area contributed by atoms with Crippen molar-refractivity contribution in [3.8, 4) is 0 Å². The fraction of sp³-hybridized carbons (Fsp3) is 0.429. The molecule has 0 radical (unpaired) electrons. The number of rotatable bonds is 23. The van der Waals surface area contributed by atoms with Gasteiger partial charge in [0.15, 0.2) is 12.6 Å². The van der Waals surface area contributed by atoms with Gasteiger partial charge in [0.1, 0.15) is 36.6 Å². The van der Waals surface area contributed by atoms with Gasteiger partial charge in [0.05, 0.1) is 76.8 Å². The summed E-state index contributed by atoms with van der Waals surface area (Å²) in [6.07, 6.45) is -6.79. The highest BCUT2D eigenvalue weighted by Gasteiger charge is 2.53. The maximum absolute atomic E-state index is 7.44. The maximum atomic E-state index is 7.44. The second-order valence-corrected chi connectivity index (χ2v) is 20.0. The van der Waals surface area contributed by atoms with E-state index in [1.807, 2.05) is 130 Å². The molecule has 3 fully saturated rings. The molecule has 392 valence electrons. The molecule has 11 nitrogen and oxygen atoms in total. The van der Waals surface area contributed by atoms with Gasteiger partial charge in [0.25, 0.3) is 0 Å². The highest BCUT2D eigenvalue weighted by molar-refractivity contribution is 5.18. The Morgan fingerprint density at radius 2 is 0.608 bits per heavy atom. The van der Waals surface area contributed by atoms with Crippen LogP contribution in [0.5, 0.6) is 0 Å². The van der Waals surface area contributed by atoms with Crippen LogP contribution in [0.25, 0.3) is 0 Å². The monoisotopic (exact) mass is 1010 g/mol. The van der Waals surface area contributed by atoms with Gasteiger partial charge in [-0.1, -0.05) is 196 Å². The van der Waals surface area contributed by atoms with Crippen molar-refractivity contribution in [1.82, 2.24) is 0 Å². The van der Waals surface area contributed by atoms with E-state index in [1.165, 1.54) is 0 Å². The molecule has 15 atom stereocenters. The second-order valence-electron chi connectivity index (χ2n) is 20.0. The third-order valence-corrected chi connectivity index (χ3v) is 14.4. The summed E-state index contributed by atoms with van der Waals surface area (Å²) in [6.45, 7) is 12.8. The fourth-order valence-corrected chi connectivity index (χ4v) is 10.3. The molecule has 0 spiro atoms. The third kappa shape index (κ3) is 14.4. The Hall–Kier alpha value is -5.12. The molecule has 3 heterocycles. The molecule has 0 N–H and O–H groups in total. The smallest absolute Gasteiger partial charge is 0.163 e. The van der Waals surface area contributed by atoms with Crippen LogP contribution in [0.1, 0.15) is 68.0 Å². The van der Waals surface area contributed by atoms with Crippen LogP contribution in [0, 0.1) is 11.8 Å². The number of hydrogen-bond donors (Lipinski definition) is 0. The molecule has 0 aromatic heterocycles. The van der Waals surface area contributed by atoms with Gasteiger partial charge in [-0.25, -0.2) is 0 Å². The van der Waals surface area contributed by atoms with E-state index < -0.39 is 67.5 Å². The van der Waals surface area contributed by atoms with E-state index in [-0.39, 0.29) is 30.7 Å². The van der Waals surface area contributed by atoms with E-state index in [4.69, 9.17) is 52.1 Å². The molecule has 6 aromatic rings. The zero-order valence-corrected chi connectivity index (χ0v) is 43.4. The normalized spacial score (nSPS) is 30.2. The lowest BCUT2D eigenvalue weighted by Crippen LogP contribution is -2.63. The largest absolute Gasteiger partial charge is 0.374 e. The number of hydrogen-bond acceptors (Lipinski definition) is 11. The van der Waals surface area contributed by atoms with Crippen LogP contribution in [-0.4, -0.2) is 86.3 Å². The van der Waals surface area contributed by atoms with Gasteiger partial charge in [-0.2, -0.15) is 0 Å². The summed E-state index contributed by atoms with van der Waals surface area (Å²) in [6, 6.07) is 61.1. The van der Waals surface area contributed by atoms with E-state index in [0.29, 0.717) is 39.6 Å². The Bertz CT molecular complexity index is 2490. The molecule has 3 aliphatic rings. The fourth-order valence-electron chi connectivity index (χ4n) is 10.3. The van der Waals surface area contributed by atoms with Crippen molar-refractivity contribution in [1.29, 1.82) is 0 Å². The van der Waals surface area contributed by atoms with Gasteiger partial charge in [-0.15, -0.1) is 0 Å². The van der Waals surface area contributed by atoms with Gasteiger partial charge < -0.3 is 52.1 Å². The Balaban J connectivity index is 1.01. The van der Waals surface area contributed by atoms with Crippen molar-refractivity contribution in [2.75, 3.05) is 6.61 Å². The lowest BCUT2D eigenvalue weighted by molar-refractivity contribution is -0.365. The van der Waals surface area contributed by atoms with E-state index in [9.17, 15) is 0 Å². The second kappa shape index (κ2) is 27.1. The Morgan fingerprint density at radius 1 is 0.297 bits per heavy atom. The molecule has 3 saturated heterocycles. The van der Waals surface area contributed by atoms with Crippen LogP contribution in [0.3, 0.4) is 0 Å². The molecule has 0 saturated carbocycles. The molecule has 0 amide bonds. The lowest BCUT2D eigenvalue weighted by Gasteiger charge is -2.51. The molecular weight excluding hydrogens is 933 g/mol. The summed E-state index contributed by atoms with van der Waals surface area (Å²) in [5, 5.41) is 0. The first-order valence-corrected chi connectivity index (χ1v) is 26.4. The van der Waals surface area contributed by atoms with E-state index in [2.05, 4.69) is 86.6 Å². The SMILES string of the molecule is CC1C(OCc2ccccc2)[C@H](OCc2ccccc2)[C@@H](COCc2ccccc2)O[C@@H]1O[C@H]1C(C)[C@H](OC2[C@H](C)OC(C)[C@H](OCc3ccccc3)[C@H]2OCc2ccccc2)OC(C)[C@@H]1OCc1ccccc1. The zero-order chi connectivity index (χ0) is 51.1. The van der Waals surface area contributed by atoms with Crippen LogP contribution in [0.15, 0.2) is 182 Å². The molecule has 0 aliphatic carbocycles. The predicted octanol–water partition coefficient (Wildman–Crippen LogP) is 11.4. The zero-order valence-electron chi connectivity index (χ0n) is 43.4. The van der Waals surface area contributed by atoms with Crippen molar-refractivity contribution < 1.29 is 52.1 Å². The van der Waals surface area contributed by atoms with Crippen molar-refractivity contribution in [2.45, 2.75) is 154 Å². The van der Waals surface area contributed by atoms with Crippen LogP contribution >= 0.6 is 0 Å². The van der Waals surface area contributed by atoms with Crippen LogP contribution in [-0.2, 0) is 91.7 Å². The van der Waals surface area contributed by atoms with Crippen molar-refractivity contribution >= 4 is 0 Å². The summed E-state index contributed by atoms with van der Waals surface area (Å²) in [5.41, 5.74) is 6.31. The molecule has 0 bridgehead atoms. The Morgan fingerprint density at radius 3 is 1.05 bits per heavy atom. The van der Waals surface area contributed by atoms with Crippen LogP contribution < -0.4 is 0 Å². The first kappa shape index (κ1) is 53.7. The van der Waals surface area contributed by atoms with E-state index in [1.54, 1.807) is 0 Å². The average molecular weight is 1010 g/mol. The first-order chi connectivity index (χ1) is 36.3. The van der Waals surface area contributed by atoms with Gasteiger partial charge in [-0.3, -0.25) is 0 Å². The van der Waals surface area contributed by atoms with Crippen molar-refractivity contribution in [3.63, 3.8) is 0 Å². The summed E-state index contributed by atoms with van der Waals surface area (Å²) < 4.78 is 76.3. The molecule has 74 heavy (non-hydrogen) atoms. The summed E-state index contributed by atoms with van der Waals surface area (Å²) >= 11 is 0. The van der Waals surface area contributed by atoms with Crippen molar-refractivity contribution in [3.05, 3.63) is 215 Å². The quantitative estimate of drug-likeness (QED) is 0.0613. The lowest BCUT2D eigenvalue weighted by atomic mass is 9.89. The molecule has 9 rings (SSSR count). The number of benzene rings is 6. The number of ether oxygens (including phenoxy) is 11. The highest BCUT2D eigenvalue weighted by atomic mass is 16.7. The minimum absolute atomic E-state index is 0.238. The summed E-state index contributed by atoms with van der Waals surface area (Å²) in [4.78, 5) is 0. The molecule has 11 heteroatoms. The minimum Gasteiger partial charge on any atom is -0.374 e. The minimum atomic E-state index is -0.769. The standard InChI is InChI=1S/C63H74O11/c1-43-55(65-37-49-26-14-7-15-27-49)60(68-40-52-32-20-10-21-33-52)54(42-64-36-48-24-12-6-13-25-48)72-63(43)73-56-44(2)62(71-46(4)57(56)66-38-50-28-16-8-17-29-50)74-59-47(5)70-45(3)58(67-39-51-30-18-9-19-31-51)61(59)69-41-53-34-22-11-23-35-53/h6-35,43-47,54-63H,36-42H2,1-5H3/t43?,44?,45?,46?,47-,54+,55?,56-,57-,58-,59?,60+,61+,62-,63+/m0/s1. The molecular formula is C63H74O11. The summed E-state index contributed by atoms with van der Waals surface area (Å²) in [5.74, 6) is -0.688. The maximum Gasteiger partial charge on any atom is 0.163 e. The van der Waals surface area contributed by atoms with Gasteiger partial charge in [0, 0.05) is 11.8 Å². The topological polar surface area (TPSA) is 102 Å². The van der Waals surface area contributed by atoms with Crippen LogP contribution in [0.4, 0.5) is 0 Å². The van der Waals surface area contributed by atoms with Gasteiger partial charge >= 0.3 is 0 Å².